The molecule has 0 saturated carbocycles. The minimum atomic E-state index is 0.278. The van der Waals surface area contributed by atoms with E-state index < -0.39 is 0 Å². The fourth-order valence-electron chi connectivity index (χ4n) is 3.00. The van der Waals surface area contributed by atoms with Crippen molar-refractivity contribution < 1.29 is 4.79 Å². The van der Waals surface area contributed by atoms with Crippen LogP contribution in [0.25, 0.3) is 0 Å². The second-order valence-electron chi connectivity index (χ2n) is 5.84. The number of rotatable bonds is 7. The highest BCUT2D eigenvalue weighted by atomic mass is 35.5. The Morgan fingerprint density at radius 2 is 2.29 bits per heavy atom. The summed E-state index contributed by atoms with van der Waals surface area (Å²) in [6.07, 6.45) is 5.34. The zero-order valence-corrected chi connectivity index (χ0v) is 13.9. The maximum absolute atomic E-state index is 12.3. The minimum Gasteiger partial charge on any atom is -0.316 e. The summed E-state index contributed by atoms with van der Waals surface area (Å²) in [5.74, 6) is 0.931. The van der Waals surface area contributed by atoms with Gasteiger partial charge in [0, 0.05) is 19.4 Å². The van der Waals surface area contributed by atoms with Gasteiger partial charge >= 0.3 is 0 Å². The van der Waals surface area contributed by atoms with E-state index >= 15 is 0 Å². The number of hydrogen-bond acceptors (Lipinski definition) is 3. The molecule has 1 aromatic heterocycles. The molecule has 0 aliphatic carbocycles. The molecule has 2 heterocycles. The normalized spacial score (nSPS) is 18.9. The van der Waals surface area contributed by atoms with Crippen molar-refractivity contribution in [1.29, 1.82) is 0 Å². The Hall–Kier alpha value is -0.870. The van der Waals surface area contributed by atoms with E-state index in [4.69, 9.17) is 11.6 Å². The molecule has 1 unspecified atom stereocenters. The predicted octanol–water partition coefficient (Wildman–Crippen LogP) is 3.01. The Bertz CT molecular complexity index is 478. The van der Waals surface area contributed by atoms with Gasteiger partial charge in [0.25, 0.3) is 0 Å². The van der Waals surface area contributed by atoms with Crippen molar-refractivity contribution in [2.24, 2.45) is 5.92 Å². The zero-order valence-electron chi connectivity index (χ0n) is 13.1. The number of Topliss-reactive ketones (excluding diaryl/α,β-unsaturated/α-hetero) is 1. The fourth-order valence-corrected chi connectivity index (χ4v) is 3.33. The van der Waals surface area contributed by atoms with Crippen LogP contribution >= 0.6 is 11.6 Å². The third-order valence-electron chi connectivity index (χ3n) is 4.29. The second kappa shape index (κ2) is 7.95. The number of ketones is 1. The Kier molecular flexibility index (Phi) is 6.24. The Morgan fingerprint density at radius 3 is 2.90 bits per heavy atom. The van der Waals surface area contributed by atoms with E-state index in [1.807, 2.05) is 18.5 Å². The van der Waals surface area contributed by atoms with Gasteiger partial charge in [-0.15, -0.1) is 0 Å². The topological polar surface area (TPSA) is 46.9 Å². The van der Waals surface area contributed by atoms with E-state index in [1.165, 1.54) is 12.8 Å². The molecule has 1 atom stereocenters. The number of carbonyl (C=O) groups is 1. The van der Waals surface area contributed by atoms with Crippen molar-refractivity contribution in [3.8, 4) is 0 Å². The van der Waals surface area contributed by atoms with Crippen LogP contribution in [0, 0.1) is 5.92 Å². The highest BCUT2D eigenvalue weighted by Gasteiger charge is 2.19. The number of nitrogens with zero attached hydrogens (tertiary/aromatic N) is 2. The molecule has 1 aromatic rings. The predicted molar refractivity (Wildman–Crippen MR) is 85.8 cm³/mol. The summed E-state index contributed by atoms with van der Waals surface area (Å²) in [5, 5.41) is 8.56. The largest absolute Gasteiger partial charge is 0.316 e. The average molecular weight is 312 g/mol. The van der Waals surface area contributed by atoms with Crippen LogP contribution in [-0.4, -0.2) is 28.7 Å². The van der Waals surface area contributed by atoms with Gasteiger partial charge < -0.3 is 5.32 Å². The summed E-state index contributed by atoms with van der Waals surface area (Å²) >= 11 is 6.36. The van der Waals surface area contributed by atoms with Crippen LogP contribution in [0.5, 0.6) is 0 Å². The van der Waals surface area contributed by atoms with E-state index in [0.717, 1.165) is 43.9 Å². The van der Waals surface area contributed by atoms with Gasteiger partial charge in [-0.3, -0.25) is 9.48 Å². The van der Waals surface area contributed by atoms with E-state index in [0.29, 0.717) is 23.8 Å². The number of nitrogens with one attached hydrogen (secondary N) is 1. The van der Waals surface area contributed by atoms with Crippen molar-refractivity contribution in [1.82, 2.24) is 15.1 Å². The average Bonchev–Trinajstić information content (AvgIpc) is 2.82. The van der Waals surface area contributed by atoms with Crippen molar-refractivity contribution in [3.63, 3.8) is 0 Å². The molecule has 21 heavy (non-hydrogen) atoms. The lowest BCUT2D eigenvalue weighted by molar-refractivity contribution is -0.118. The molecule has 0 radical (unpaired) electrons. The van der Waals surface area contributed by atoms with Crippen LogP contribution in [0.3, 0.4) is 0 Å². The Morgan fingerprint density at radius 1 is 1.48 bits per heavy atom. The van der Waals surface area contributed by atoms with E-state index in [2.05, 4.69) is 10.4 Å². The molecule has 1 saturated heterocycles. The SMILES string of the molecule is CCc1nn(CC)c(CC(=O)CCC2CCCNC2)c1Cl. The van der Waals surface area contributed by atoms with Crippen LogP contribution in [-0.2, 0) is 24.2 Å². The summed E-state index contributed by atoms with van der Waals surface area (Å²) in [6, 6.07) is 0. The first-order chi connectivity index (χ1) is 10.2. The van der Waals surface area contributed by atoms with Gasteiger partial charge in [0.2, 0.25) is 0 Å². The van der Waals surface area contributed by atoms with E-state index in [1.54, 1.807) is 0 Å². The molecule has 0 amide bonds. The first-order valence-corrected chi connectivity index (χ1v) is 8.49. The lowest BCUT2D eigenvalue weighted by Gasteiger charge is -2.22. The molecule has 1 aliphatic heterocycles. The molecule has 118 valence electrons. The van der Waals surface area contributed by atoms with Gasteiger partial charge in [-0.1, -0.05) is 18.5 Å². The lowest BCUT2D eigenvalue weighted by atomic mass is 9.93. The summed E-state index contributed by atoms with van der Waals surface area (Å²) in [5.41, 5.74) is 1.79. The number of piperidine rings is 1. The quantitative estimate of drug-likeness (QED) is 0.842. The zero-order chi connectivity index (χ0) is 15.2. The standard InChI is InChI=1S/C16H26ClN3O/c1-3-14-16(17)15(20(4-2)19-14)10-13(21)8-7-12-6-5-9-18-11-12/h12,18H,3-11H2,1-2H3. The van der Waals surface area contributed by atoms with Crippen LogP contribution < -0.4 is 5.32 Å². The molecular weight excluding hydrogens is 286 g/mol. The maximum atomic E-state index is 12.3. The number of carbonyl (C=O) groups excluding carboxylic acids is 1. The van der Waals surface area contributed by atoms with Crippen molar-refractivity contribution >= 4 is 17.4 Å². The van der Waals surface area contributed by atoms with Gasteiger partial charge in [-0.25, -0.2) is 0 Å². The van der Waals surface area contributed by atoms with E-state index in [-0.39, 0.29) is 5.78 Å². The Labute approximate surface area is 132 Å². The minimum absolute atomic E-state index is 0.278. The molecule has 1 N–H and O–H groups in total. The second-order valence-corrected chi connectivity index (χ2v) is 6.22. The fraction of sp³-hybridized carbons (Fsp3) is 0.750. The summed E-state index contributed by atoms with van der Waals surface area (Å²) in [4.78, 5) is 12.3. The van der Waals surface area contributed by atoms with Gasteiger partial charge in [0.15, 0.2) is 0 Å². The Balaban J connectivity index is 1.91. The number of aryl methyl sites for hydroxylation is 2. The van der Waals surface area contributed by atoms with Crippen molar-refractivity contribution in [3.05, 3.63) is 16.4 Å². The third kappa shape index (κ3) is 4.30. The molecule has 0 aromatic carbocycles. The lowest BCUT2D eigenvalue weighted by Crippen LogP contribution is -2.30. The molecule has 1 aliphatic rings. The van der Waals surface area contributed by atoms with Gasteiger partial charge in [-0.2, -0.15) is 5.10 Å². The molecule has 0 spiro atoms. The first kappa shape index (κ1) is 16.5. The summed E-state index contributed by atoms with van der Waals surface area (Å²) in [7, 11) is 0. The summed E-state index contributed by atoms with van der Waals surface area (Å²) < 4.78 is 1.88. The van der Waals surface area contributed by atoms with E-state index in [9.17, 15) is 4.79 Å². The molecule has 4 nitrogen and oxygen atoms in total. The number of hydrogen-bond donors (Lipinski definition) is 1. The molecule has 2 rings (SSSR count). The number of aromatic nitrogens is 2. The van der Waals surface area contributed by atoms with Crippen LogP contribution in [0.15, 0.2) is 0 Å². The smallest absolute Gasteiger partial charge is 0.138 e. The molecule has 0 bridgehead atoms. The van der Waals surface area contributed by atoms with Crippen LogP contribution in [0.1, 0.15) is 50.9 Å². The van der Waals surface area contributed by atoms with Gasteiger partial charge in [-0.05, 0) is 51.6 Å². The van der Waals surface area contributed by atoms with Crippen LogP contribution in [0.2, 0.25) is 5.02 Å². The van der Waals surface area contributed by atoms with Crippen molar-refractivity contribution in [2.75, 3.05) is 13.1 Å². The first-order valence-electron chi connectivity index (χ1n) is 8.12. The third-order valence-corrected chi connectivity index (χ3v) is 4.73. The summed E-state index contributed by atoms with van der Waals surface area (Å²) in [6.45, 7) is 7.01. The number of halogens is 1. The highest BCUT2D eigenvalue weighted by Crippen LogP contribution is 2.23. The van der Waals surface area contributed by atoms with Crippen molar-refractivity contribution in [2.45, 2.75) is 58.9 Å². The maximum Gasteiger partial charge on any atom is 0.138 e. The highest BCUT2D eigenvalue weighted by molar-refractivity contribution is 6.32. The molecule has 5 heteroatoms. The molecular formula is C16H26ClN3O. The monoisotopic (exact) mass is 311 g/mol. The van der Waals surface area contributed by atoms with Gasteiger partial charge in [0.1, 0.15) is 5.78 Å². The van der Waals surface area contributed by atoms with Gasteiger partial charge in [0.05, 0.1) is 16.4 Å². The van der Waals surface area contributed by atoms with Crippen LogP contribution in [0.4, 0.5) is 0 Å². The molecule has 1 fully saturated rings.